The molecule has 1 atom stereocenters. The number of fused-ring (bicyclic) bond motifs is 1. The lowest BCUT2D eigenvalue weighted by molar-refractivity contribution is -0.385. The normalized spacial score (nSPS) is 12.1. The molecule has 36 heavy (non-hydrogen) atoms. The van der Waals surface area contributed by atoms with Crippen LogP contribution in [-0.2, 0) is 7.05 Å². The maximum Gasteiger partial charge on any atom is 0.344 e. The predicted molar refractivity (Wildman–Crippen MR) is 134 cm³/mol. The summed E-state index contributed by atoms with van der Waals surface area (Å²) in [5, 5.41) is 23.5. The summed E-state index contributed by atoms with van der Waals surface area (Å²) >= 11 is 0. The van der Waals surface area contributed by atoms with E-state index in [1.54, 1.807) is 67.2 Å². The molecule has 3 aromatic carbocycles. The molecule has 0 bridgehead atoms. The summed E-state index contributed by atoms with van der Waals surface area (Å²) in [6.45, 7) is 1.69. The third-order valence-electron chi connectivity index (χ3n) is 6.44. The van der Waals surface area contributed by atoms with Crippen molar-refractivity contribution in [1.82, 2.24) is 9.36 Å². The molecule has 0 unspecified atom stereocenters. The number of para-hydroxylation sites is 3. The van der Waals surface area contributed by atoms with Crippen LogP contribution in [-0.4, -0.2) is 19.4 Å². The molecule has 2 heterocycles. The second-order valence-electron chi connectivity index (χ2n) is 8.37. The van der Waals surface area contributed by atoms with Crippen molar-refractivity contribution in [2.45, 2.75) is 12.8 Å². The first-order chi connectivity index (χ1) is 17.3. The van der Waals surface area contributed by atoms with Gasteiger partial charge in [0.15, 0.2) is 0 Å². The van der Waals surface area contributed by atoms with Gasteiger partial charge in [-0.05, 0) is 31.2 Å². The largest absolute Gasteiger partial charge is 0.507 e. The minimum Gasteiger partial charge on any atom is -0.507 e. The van der Waals surface area contributed by atoms with E-state index in [4.69, 9.17) is 4.42 Å². The lowest BCUT2D eigenvalue weighted by atomic mass is 9.84. The highest BCUT2D eigenvalue weighted by Crippen LogP contribution is 2.41. The Hall–Kier alpha value is -4.92. The predicted octanol–water partition coefficient (Wildman–Crippen LogP) is 4.38. The SMILES string of the molecule is Cc1c([C@@H](c2ccccc2[N+](=O)[O-])c2c(O)c3ccccc3oc2=O)c(=O)n(-c2ccccc2)n1C. The monoisotopic (exact) mass is 483 g/mol. The van der Waals surface area contributed by atoms with Gasteiger partial charge >= 0.3 is 5.63 Å². The summed E-state index contributed by atoms with van der Waals surface area (Å²) in [5.41, 5.74) is -0.470. The van der Waals surface area contributed by atoms with Crippen molar-refractivity contribution in [3.63, 3.8) is 0 Å². The van der Waals surface area contributed by atoms with E-state index >= 15 is 0 Å². The first kappa shape index (κ1) is 22.9. The first-order valence-corrected chi connectivity index (χ1v) is 11.1. The third kappa shape index (κ3) is 3.49. The van der Waals surface area contributed by atoms with E-state index in [0.29, 0.717) is 11.4 Å². The van der Waals surface area contributed by atoms with Gasteiger partial charge in [0.05, 0.1) is 33.0 Å². The van der Waals surface area contributed by atoms with Crippen LogP contribution in [0.2, 0.25) is 0 Å². The van der Waals surface area contributed by atoms with E-state index in [1.165, 1.54) is 28.9 Å². The highest BCUT2D eigenvalue weighted by molar-refractivity contribution is 5.84. The van der Waals surface area contributed by atoms with Gasteiger partial charge in [0.2, 0.25) is 0 Å². The molecule has 0 saturated heterocycles. The Kier molecular flexibility index (Phi) is 5.52. The van der Waals surface area contributed by atoms with Gasteiger partial charge in [-0.3, -0.25) is 19.6 Å². The maximum absolute atomic E-state index is 13.9. The topological polar surface area (TPSA) is 121 Å². The fourth-order valence-corrected chi connectivity index (χ4v) is 4.68. The van der Waals surface area contributed by atoms with Gasteiger partial charge in [0.1, 0.15) is 11.3 Å². The first-order valence-electron chi connectivity index (χ1n) is 11.1. The van der Waals surface area contributed by atoms with Crippen molar-refractivity contribution in [3.05, 3.63) is 132 Å². The third-order valence-corrected chi connectivity index (χ3v) is 6.44. The molecule has 5 aromatic rings. The average Bonchev–Trinajstić information content (AvgIpc) is 3.10. The second kappa shape index (κ2) is 8.70. The van der Waals surface area contributed by atoms with E-state index in [9.17, 15) is 24.8 Å². The van der Waals surface area contributed by atoms with Crippen LogP contribution >= 0.6 is 0 Å². The minimum atomic E-state index is -1.27. The number of hydrogen-bond donors (Lipinski definition) is 1. The van der Waals surface area contributed by atoms with Gasteiger partial charge in [-0.15, -0.1) is 0 Å². The molecule has 0 aliphatic rings. The van der Waals surface area contributed by atoms with Crippen molar-refractivity contribution in [2.75, 3.05) is 0 Å². The van der Waals surface area contributed by atoms with Crippen molar-refractivity contribution >= 4 is 16.7 Å². The molecule has 0 spiro atoms. The summed E-state index contributed by atoms with van der Waals surface area (Å²) in [4.78, 5) is 38.6. The van der Waals surface area contributed by atoms with Gasteiger partial charge in [-0.2, -0.15) is 0 Å². The van der Waals surface area contributed by atoms with E-state index in [0.717, 1.165) is 0 Å². The van der Waals surface area contributed by atoms with E-state index in [2.05, 4.69) is 0 Å². The quantitative estimate of drug-likeness (QED) is 0.225. The molecule has 9 heteroatoms. The van der Waals surface area contributed by atoms with E-state index in [-0.39, 0.29) is 39.1 Å². The summed E-state index contributed by atoms with van der Waals surface area (Å²) in [5.74, 6) is -1.66. The van der Waals surface area contributed by atoms with Crippen LogP contribution in [0.5, 0.6) is 5.75 Å². The van der Waals surface area contributed by atoms with Crippen molar-refractivity contribution in [1.29, 1.82) is 0 Å². The molecular weight excluding hydrogens is 462 g/mol. The van der Waals surface area contributed by atoms with Crippen LogP contribution in [0.1, 0.15) is 28.3 Å². The van der Waals surface area contributed by atoms with Gasteiger partial charge < -0.3 is 9.52 Å². The van der Waals surface area contributed by atoms with Crippen LogP contribution in [0.15, 0.2) is 92.9 Å². The number of nitrogens with zero attached hydrogens (tertiary/aromatic N) is 3. The molecule has 0 aliphatic heterocycles. The Morgan fingerprint density at radius 1 is 0.917 bits per heavy atom. The smallest absolute Gasteiger partial charge is 0.344 e. The van der Waals surface area contributed by atoms with Crippen molar-refractivity contribution in [3.8, 4) is 11.4 Å². The van der Waals surface area contributed by atoms with Crippen LogP contribution in [0.3, 0.4) is 0 Å². The number of aromatic hydroxyl groups is 1. The highest BCUT2D eigenvalue weighted by atomic mass is 16.6. The maximum atomic E-state index is 13.9. The molecule has 180 valence electrons. The number of nitro benzene ring substituents is 1. The summed E-state index contributed by atoms with van der Waals surface area (Å²) in [6.07, 6.45) is 0. The molecule has 0 aliphatic carbocycles. The Morgan fingerprint density at radius 2 is 1.56 bits per heavy atom. The molecule has 0 radical (unpaired) electrons. The highest BCUT2D eigenvalue weighted by Gasteiger charge is 2.36. The number of aromatic nitrogens is 2. The number of hydrogen-bond acceptors (Lipinski definition) is 6. The molecule has 0 amide bonds. The molecule has 2 aromatic heterocycles. The number of nitro groups is 1. The average molecular weight is 483 g/mol. The fourth-order valence-electron chi connectivity index (χ4n) is 4.68. The fraction of sp³-hybridized carbons (Fsp3) is 0.111. The van der Waals surface area contributed by atoms with Gasteiger partial charge in [0, 0.05) is 24.4 Å². The summed E-state index contributed by atoms with van der Waals surface area (Å²) in [7, 11) is 1.69. The van der Waals surface area contributed by atoms with Gasteiger partial charge in [0.25, 0.3) is 11.2 Å². The molecule has 1 N–H and O–H groups in total. The summed E-state index contributed by atoms with van der Waals surface area (Å²) in [6, 6.07) is 21.2. The zero-order valence-electron chi connectivity index (χ0n) is 19.4. The van der Waals surface area contributed by atoms with Crippen LogP contribution in [0.25, 0.3) is 16.7 Å². The van der Waals surface area contributed by atoms with Crippen LogP contribution < -0.4 is 11.2 Å². The Bertz CT molecular complexity index is 1750. The molecular formula is C27H21N3O6. The Labute approximate surface area is 204 Å². The standard InChI is InChI=1S/C27H21N3O6/c1-16-22(26(32)29(28(16)2)17-10-4-3-5-11-17)23(18-12-6-8-14-20(18)30(34)35)24-25(31)19-13-7-9-15-21(19)36-27(24)33/h3-15,23,31H,1-2H3/t23-/m1/s1. The molecule has 5 rings (SSSR count). The van der Waals surface area contributed by atoms with Gasteiger partial charge in [-0.25, -0.2) is 9.48 Å². The zero-order valence-corrected chi connectivity index (χ0v) is 19.4. The van der Waals surface area contributed by atoms with E-state index in [1.807, 2.05) is 6.07 Å². The number of rotatable bonds is 5. The zero-order chi connectivity index (χ0) is 25.6. The van der Waals surface area contributed by atoms with E-state index < -0.39 is 22.0 Å². The van der Waals surface area contributed by atoms with Crippen molar-refractivity contribution < 1.29 is 14.4 Å². The molecule has 0 fully saturated rings. The summed E-state index contributed by atoms with van der Waals surface area (Å²) < 4.78 is 8.54. The molecule has 0 saturated carbocycles. The lowest BCUT2D eigenvalue weighted by Crippen LogP contribution is -2.25. The number of benzene rings is 3. The Morgan fingerprint density at radius 3 is 2.28 bits per heavy atom. The Balaban J connectivity index is 1.92. The van der Waals surface area contributed by atoms with Gasteiger partial charge in [-0.1, -0.05) is 48.5 Å². The molecule has 9 nitrogen and oxygen atoms in total. The van der Waals surface area contributed by atoms with Crippen LogP contribution in [0, 0.1) is 17.0 Å². The minimum absolute atomic E-state index is 0.0893. The lowest BCUT2D eigenvalue weighted by Gasteiger charge is -2.18. The van der Waals surface area contributed by atoms with Crippen LogP contribution in [0.4, 0.5) is 5.69 Å². The van der Waals surface area contributed by atoms with Crippen molar-refractivity contribution in [2.24, 2.45) is 7.05 Å². The second-order valence-corrected chi connectivity index (χ2v) is 8.37.